The summed E-state index contributed by atoms with van der Waals surface area (Å²) in [6.45, 7) is 1.30. The summed E-state index contributed by atoms with van der Waals surface area (Å²) in [6.07, 6.45) is 2.47. The van der Waals surface area contributed by atoms with Gasteiger partial charge >= 0.3 is 0 Å². The maximum atomic E-state index is 12.8. The van der Waals surface area contributed by atoms with Crippen LogP contribution in [-0.2, 0) is 0 Å². The van der Waals surface area contributed by atoms with Gasteiger partial charge in [-0.05, 0) is 61.1 Å². The van der Waals surface area contributed by atoms with Crippen LogP contribution in [0.5, 0.6) is 5.75 Å². The average Bonchev–Trinajstić information content (AvgIpc) is 2.43. The van der Waals surface area contributed by atoms with Crippen molar-refractivity contribution in [2.75, 3.05) is 24.7 Å². The van der Waals surface area contributed by atoms with E-state index in [2.05, 4.69) is 0 Å². The number of thioether (sulfide) groups is 1. The lowest BCUT2D eigenvalue weighted by Gasteiger charge is -2.29. The number of ether oxygens (including phenoxy) is 1. The molecule has 0 bridgehead atoms. The fourth-order valence-electron chi connectivity index (χ4n) is 2.32. The first-order chi connectivity index (χ1) is 8.79. The number of rotatable bonds is 5. The maximum absolute atomic E-state index is 12.8. The molecule has 1 aliphatic rings. The van der Waals surface area contributed by atoms with Crippen LogP contribution in [0.15, 0.2) is 24.3 Å². The van der Waals surface area contributed by atoms with E-state index in [-0.39, 0.29) is 5.82 Å². The molecule has 18 heavy (non-hydrogen) atoms. The molecule has 1 aromatic rings. The van der Waals surface area contributed by atoms with E-state index in [9.17, 15) is 4.39 Å². The monoisotopic (exact) mass is 269 g/mol. The predicted octanol–water partition coefficient (Wildman–Crippen LogP) is 2.92. The van der Waals surface area contributed by atoms with Gasteiger partial charge in [0.15, 0.2) is 0 Å². The van der Waals surface area contributed by atoms with Gasteiger partial charge in [0.1, 0.15) is 11.6 Å². The van der Waals surface area contributed by atoms with Crippen LogP contribution in [0, 0.1) is 17.7 Å². The molecule has 2 N–H and O–H groups in total. The van der Waals surface area contributed by atoms with Crippen LogP contribution in [0.1, 0.15) is 12.8 Å². The minimum Gasteiger partial charge on any atom is -0.493 e. The molecule has 1 atom stereocenters. The Hall–Kier alpha value is -0.740. The van der Waals surface area contributed by atoms with Crippen LogP contribution in [-0.4, -0.2) is 24.7 Å². The average molecular weight is 269 g/mol. The zero-order valence-corrected chi connectivity index (χ0v) is 11.3. The number of hydrogen-bond donors (Lipinski definition) is 1. The quantitative estimate of drug-likeness (QED) is 0.892. The van der Waals surface area contributed by atoms with Gasteiger partial charge in [0, 0.05) is 5.92 Å². The molecule has 1 saturated heterocycles. The molecule has 1 heterocycles. The highest BCUT2D eigenvalue weighted by molar-refractivity contribution is 7.99. The second-order valence-electron chi connectivity index (χ2n) is 4.71. The highest BCUT2D eigenvalue weighted by Crippen LogP contribution is 2.29. The van der Waals surface area contributed by atoms with Gasteiger partial charge in [-0.25, -0.2) is 4.39 Å². The van der Waals surface area contributed by atoms with Crippen molar-refractivity contribution in [3.63, 3.8) is 0 Å². The van der Waals surface area contributed by atoms with Crippen LogP contribution in [0.2, 0.25) is 0 Å². The van der Waals surface area contributed by atoms with E-state index in [4.69, 9.17) is 10.5 Å². The highest BCUT2D eigenvalue weighted by atomic mass is 32.2. The molecule has 4 heteroatoms. The SMILES string of the molecule is NCC(COc1ccc(F)cc1)C1CCSCC1. The summed E-state index contributed by atoms with van der Waals surface area (Å²) >= 11 is 2.02. The van der Waals surface area contributed by atoms with Gasteiger partial charge in [0.05, 0.1) is 6.61 Å². The van der Waals surface area contributed by atoms with Crippen LogP contribution in [0.25, 0.3) is 0 Å². The van der Waals surface area contributed by atoms with E-state index in [0.29, 0.717) is 25.0 Å². The normalized spacial score (nSPS) is 18.6. The molecular formula is C14H20FNOS. The molecule has 0 amide bonds. The minimum atomic E-state index is -0.234. The first-order valence-corrected chi connectivity index (χ1v) is 7.61. The molecule has 0 radical (unpaired) electrons. The van der Waals surface area contributed by atoms with Gasteiger partial charge in [-0.1, -0.05) is 0 Å². The predicted molar refractivity (Wildman–Crippen MR) is 74.5 cm³/mol. The Morgan fingerprint density at radius 1 is 1.28 bits per heavy atom. The van der Waals surface area contributed by atoms with E-state index in [1.54, 1.807) is 12.1 Å². The number of benzene rings is 1. The summed E-state index contributed by atoms with van der Waals surface area (Å²) in [4.78, 5) is 0. The lowest BCUT2D eigenvalue weighted by Crippen LogP contribution is -2.31. The lowest BCUT2D eigenvalue weighted by molar-refractivity contribution is 0.190. The lowest BCUT2D eigenvalue weighted by atomic mass is 9.88. The van der Waals surface area contributed by atoms with Gasteiger partial charge in [-0.2, -0.15) is 11.8 Å². The third-order valence-electron chi connectivity index (χ3n) is 3.51. The minimum absolute atomic E-state index is 0.234. The Balaban J connectivity index is 1.84. The Morgan fingerprint density at radius 2 is 1.94 bits per heavy atom. The van der Waals surface area contributed by atoms with E-state index < -0.39 is 0 Å². The van der Waals surface area contributed by atoms with E-state index in [1.807, 2.05) is 11.8 Å². The maximum Gasteiger partial charge on any atom is 0.123 e. The molecule has 1 unspecified atom stereocenters. The Labute approximate surface area is 112 Å². The third-order valence-corrected chi connectivity index (χ3v) is 4.56. The van der Waals surface area contributed by atoms with Crippen molar-refractivity contribution in [3.05, 3.63) is 30.1 Å². The molecule has 1 fully saturated rings. The molecule has 1 aromatic carbocycles. The van der Waals surface area contributed by atoms with E-state index in [1.165, 1.54) is 36.5 Å². The number of hydrogen-bond acceptors (Lipinski definition) is 3. The van der Waals surface area contributed by atoms with Gasteiger partial charge in [0.25, 0.3) is 0 Å². The molecule has 0 aliphatic carbocycles. The molecule has 2 nitrogen and oxygen atoms in total. The molecular weight excluding hydrogens is 249 g/mol. The van der Waals surface area contributed by atoms with Crippen LogP contribution >= 0.6 is 11.8 Å². The fourth-order valence-corrected chi connectivity index (χ4v) is 3.46. The molecule has 0 spiro atoms. The number of nitrogens with two attached hydrogens (primary N) is 1. The Kier molecular flexibility index (Phi) is 5.32. The summed E-state index contributed by atoms with van der Waals surface area (Å²) in [6, 6.07) is 6.17. The zero-order valence-electron chi connectivity index (χ0n) is 10.5. The Morgan fingerprint density at radius 3 is 2.56 bits per heavy atom. The standard InChI is InChI=1S/C14H20FNOS/c15-13-1-3-14(4-2-13)17-10-12(9-16)11-5-7-18-8-6-11/h1-4,11-12H,5-10,16H2. The fraction of sp³-hybridized carbons (Fsp3) is 0.571. The third kappa shape index (κ3) is 3.89. The summed E-state index contributed by atoms with van der Waals surface area (Å²) in [5.41, 5.74) is 5.85. The van der Waals surface area contributed by atoms with Crippen molar-refractivity contribution in [1.29, 1.82) is 0 Å². The summed E-state index contributed by atoms with van der Waals surface area (Å²) in [5.74, 6) is 4.05. The number of halogens is 1. The van der Waals surface area contributed by atoms with Crippen molar-refractivity contribution in [2.45, 2.75) is 12.8 Å². The van der Waals surface area contributed by atoms with Crippen LogP contribution in [0.3, 0.4) is 0 Å². The largest absolute Gasteiger partial charge is 0.493 e. The van der Waals surface area contributed by atoms with Crippen molar-refractivity contribution in [3.8, 4) is 5.75 Å². The zero-order chi connectivity index (χ0) is 12.8. The topological polar surface area (TPSA) is 35.2 Å². The first kappa shape index (κ1) is 13.7. The van der Waals surface area contributed by atoms with Gasteiger partial charge < -0.3 is 10.5 Å². The van der Waals surface area contributed by atoms with Gasteiger partial charge in [-0.3, -0.25) is 0 Å². The van der Waals surface area contributed by atoms with Crippen molar-refractivity contribution >= 4 is 11.8 Å². The summed E-state index contributed by atoms with van der Waals surface area (Å²) < 4.78 is 18.5. The Bertz CT molecular complexity index is 351. The summed E-state index contributed by atoms with van der Waals surface area (Å²) in [5, 5.41) is 0. The molecule has 1 aliphatic heterocycles. The molecule has 100 valence electrons. The van der Waals surface area contributed by atoms with E-state index >= 15 is 0 Å². The van der Waals surface area contributed by atoms with Crippen LogP contribution in [0.4, 0.5) is 4.39 Å². The summed E-state index contributed by atoms with van der Waals surface area (Å²) in [7, 11) is 0. The highest BCUT2D eigenvalue weighted by Gasteiger charge is 2.23. The second kappa shape index (κ2) is 7.00. The smallest absolute Gasteiger partial charge is 0.123 e. The second-order valence-corrected chi connectivity index (χ2v) is 5.94. The molecule has 0 aromatic heterocycles. The first-order valence-electron chi connectivity index (χ1n) is 6.46. The van der Waals surface area contributed by atoms with Gasteiger partial charge in [0.2, 0.25) is 0 Å². The van der Waals surface area contributed by atoms with Crippen molar-refractivity contribution in [1.82, 2.24) is 0 Å². The van der Waals surface area contributed by atoms with E-state index in [0.717, 1.165) is 5.75 Å². The van der Waals surface area contributed by atoms with Crippen molar-refractivity contribution < 1.29 is 9.13 Å². The molecule has 2 rings (SSSR count). The van der Waals surface area contributed by atoms with Gasteiger partial charge in [-0.15, -0.1) is 0 Å². The van der Waals surface area contributed by atoms with Crippen LogP contribution < -0.4 is 10.5 Å². The van der Waals surface area contributed by atoms with Crippen molar-refractivity contribution in [2.24, 2.45) is 17.6 Å². The molecule has 0 saturated carbocycles.